The molecule has 1 aliphatic heterocycles. The minimum Gasteiger partial charge on any atom is -0.326 e. The van der Waals surface area contributed by atoms with Crippen molar-refractivity contribution >= 4 is 46.3 Å². The fourth-order valence-electron chi connectivity index (χ4n) is 3.27. The molecule has 1 saturated heterocycles. The predicted molar refractivity (Wildman–Crippen MR) is 117 cm³/mol. The quantitative estimate of drug-likeness (QED) is 0.645. The fourth-order valence-corrected chi connectivity index (χ4v) is 5.14. The summed E-state index contributed by atoms with van der Waals surface area (Å²) in [7, 11) is 0. The summed E-state index contributed by atoms with van der Waals surface area (Å²) >= 11 is 3.19. The maximum atomic E-state index is 12.5. The molecule has 4 nitrogen and oxygen atoms in total. The SMILES string of the molecule is Cc1cccc(N2C(=O)CSC2c2cccc(NC(=O)Cc3cccs3)c2)c1. The molecule has 142 valence electrons. The summed E-state index contributed by atoms with van der Waals surface area (Å²) in [5, 5.41) is 4.85. The average Bonchev–Trinajstić information content (AvgIpc) is 3.31. The van der Waals surface area contributed by atoms with Crippen LogP contribution in [0.5, 0.6) is 0 Å². The van der Waals surface area contributed by atoms with Crippen molar-refractivity contribution in [1.82, 2.24) is 0 Å². The van der Waals surface area contributed by atoms with Gasteiger partial charge in [-0.05, 0) is 53.8 Å². The van der Waals surface area contributed by atoms with Crippen molar-refractivity contribution < 1.29 is 9.59 Å². The average molecular weight is 409 g/mol. The van der Waals surface area contributed by atoms with Crippen LogP contribution < -0.4 is 10.2 Å². The van der Waals surface area contributed by atoms with Crippen LogP contribution in [0.4, 0.5) is 11.4 Å². The number of hydrogen-bond acceptors (Lipinski definition) is 4. The molecule has 0 spiro atoms. The monoisotopic (exact) mass is 408 g/mol. The van der Waals surface area contributed by atoms with Gasteiger partial charge in [0.2, 0.25) is 11.8 Å². The summed E-state index contributed by atoms with van der Waals surface area (Å²) in [6, 6.07) is 19.7. The van der Waals surface area contributed by atoms with Gasteiger partial charge < -0.3 is 5.32 Å². The van der Waals surface area contributed by atoms with Crippen LogP contribution in [-0.2, 0) is 16.0 Å². The Labute approximate surface area is 172 Å². The number of anilines is 2. The molecule has 2 amide bonds. The summed E-state index contributed by atoms with van der Waals surface area (Å²) in [4.78, 5) is 27.7. The molecule has 1 fully saturated rings. The molecule has 1 aromatic heterocycles. The van der Waals surface area contributed by atoms with Crippen molar-refractivity contribution in [3.63, 3.8) is 0 Å². The highest BCUT2D eigenvalue weighted by Gasteiger charge is 2.34. The van der Waals surface area contributed by atoms with Gasteiger partial charge in [0.1, 0.15) is 5.37 Å². The molecular formula is C22H20N2O2S2. The summed E-state index contributed by atoms with van der Waals surface area (Å²) in [6.45, 7) is 2.02. The second kappa shape index (κ2) is 8.20. The van der Waals surface area contributed by atoms with Crippen molar-refractivity contribution in [2.45, 2.75) is 18.7 Å². The summed E-state index contributed by atoms with van der Waals surface area (Å²) in [5.41, 5.74) is 3.79. The van der Waals surface area contributed by atoms with Gasteiger partial charge in [-0.25, -0.2) is 0 Å². The zero-order valence-corrected chi connectivity index (χ0v) is 17.1. The molecule has 0 aliphatic carbocycles. The van der Waals surface area contributed by atoms with Crippen LogP contribution >= 0.6 is 23.1 Å². The second-order valence-corrected chi connectivity index (χ2v) is 8.80. The van der Waals surface area contributed by atoms with Gasteiger partial charge in [0.15, 0.2) is 0 Å². The Balaban J connectivity index is 1.54. The fraction of sp³-hybridized carbons (Fsp3) is 0.182. The Kier molecular flexibility index (Phi) is 5.50. The van der Waals surface area contributed by atoms with E-state index >= 15 is 0 Å². The van der Waals surface area contributed by atoms with E-state index in [2.05, 4.69) is 5.32 Å². The maximum absolute atomic E-state index is 12.5. The van der Waals surface area contributed by atoms with Crippen molar-refractivity contribution in [2.75, 3.05) is 16.0 Å². The first-order chi connectivity index (χ1) is 13.6. The molecule has 28 heavy (non-hydrogen) atoms. The third kappa shape index (κ3) is 4.13. The lowest BCUT2D eigenvalue weighted by molar-refractivity contribution is -0.116. The Morgan fingerprint density at radius 2 is 2.00 bits per heavy atom. The first-order valence-electron chi connectivity index (χ1n) is 9.03. The number of thioether (sulfide) groups is 1. The summed E-state index contributed by atoms with van der Waals surface area (Å²) in [5.74, 6) is 0.520. The highest BCUT2D eigenvalue weighted by Crippen LogP contribution is 2.42. The van der Waals surface area contributed by atoms with Crippen molar-refractivity contribution in [1.29, 1.82) is 0 Å². The molecule has 0 saturated carbocycles. The van der Waals surface area contributed by atoms with Gasteiger partial charge in [-0.2, -0.15) is 0 Å². The molecule has 3 aromatic rings. The van der Waals surface area contributed by atoms with Crippen LogP contribution in [0.1, 0.15) is 21.4 Å². The Bertz CT molecular complexity index is 1000. The summed E-state index contributed by atoms with van der Waals surface area (Å²) in [6.07, 6.45) is 0.369. The van der Waals surface area contributed by atoms with Crippen molar-refractivity contribution in [3.8, 4) is 0 Å². The molecule has 6 heteroatoms. The first kappa shape index (κ1) is 18.8. The number of carbonyl (C=O) groups is 2. The zero-order chi connectivity index (χ0) is 19.5. The lowest BCUT2D eigenvalue weighted by Crippen LogP contribution is -2.27. The van der Waals surface area contributed by atoms with Gasteiger partial charge in [-0.3, -0.25) is 14.5 Å². The normalized spacial score (nSPS) is 16.4. The Hall–Kier alpha value is -2.57. The number of thiophene rings is 1. The largest absolute Gasteiger partial charge is 0.326 e. The lowest BCUT2D eigenvalue weighted by Gasteiger charge is -2.25. The van der Waals surface area contributed by atoms with Gasteiger partial charge in [0.25, 0.3) is 0 Å². The predicted octanol–water partition coefficient (Wildman–Crippen LogP) is 5.02. The van der Waals surface area contributed by atoms with E-state index in [4.69, 9.17) is 0 Å². The molecule has 0 radical (unpaired) electrons. The first-order valence-corrected chi connectivity index (χ1v) is 11.0. The van der Waals surface area contributed by atoms with Crippen LogP contribution in [0.3, 0.4) is 0 Å². The smallest absolute Gasteiger partial charge is 0.238 e. The number of benzene rings is 2. The molecule has 1 unspecified atom stereocenters. The molecule has 1 N–H and O–H groups in total. The standard InChI is InChI=1S/C22H20N2O2S2/c1-15-5-2-8-18(11-15)24-21(26)14-28-22(24)16-6-3-7-17(12-16)23-20(25)13-19-9-4-10-27-19/h2-12,22H,13-14H2,1H3,(H,23,25). The Morgan fingerprint density at radius 3 is 2.79 bits per heavy atom. The van der Waals surface area contributed by atoms with E-state index in [9.17, 15) is 9.59 Å². The number of amides is 2. The van der Waals surface area contributed by atoms with Gasteiger partial charge in [0.05, 0.1) is 12.2 Å². The van der Waals surface area contributed by atoms with E-state index in [0.717, 1.165) is 27.4 Å². The highest BCUT2D eigenvalue weighted by molar-refractivity contribution is 8.00. The molecule has 1 aliphatic rings. The van der Waals surface area contributed by atoms with E-state index in [-0.39, 0.29) is 17.2 Å². The van der Waals surface area contributed by atoms with E-state index in [0.29, 0.717) is 12.2 Å². The van der Waals surface area contributed by atoms with Gasteiger partial charge in [0, 0.05) is 16.3 Å². The molecule has 4 rings (SSSR count). The number of nitrogens with zero attached hydrogens (tertiary/aromatic N) is 1. The Morgan fingerprint density at radius 1 is 1.14 bits per heavy atom. The van der Waals surface area contributed by atoms with E-state index in [1.807, 2.05) is 77.9 Å². The van der Waals surface area contributed by atoms with Gasteiger partial charge >= 0.3 is 0 Å². The van der Waals surface area contributed by atoms with Crippen LogP contribution in [0, 0.1) is 6.92 Å². The number of hydrogen-bond donors (Lipinski definition) is 1. The van der Waals surface area contributed by atoms with Crippen LogP contribution in [0.2, 0.25) is 0 Å². The number of nitrogens with one attached hydrogen (secondary N) is 1. The maximum Gasteiger partial charge on any atom is 0.238 e. The molecule has 2 aromatic carbocycles. The van der Waals surface area contributed by atoms with Crippen LogP contribution in [0.15, 0.2) is 66.0 Å². The molecule has 0 bridgehead atoms. The molecule has 2 heterocycles. The van der Waals surface area contributed by atoms with E-state index < -0.39 is 0 Å². The van der Waals surface area contributed by atoms with Crippen LogP contribution in [0.25, 0.3) is 0 Å². The molecular weight excluding hydrogens is 388 g/mol. The number of rotatable bonds is 5. The highest BCUT2D eigenvalue weighted by atomic mass is 32.2. The molecule has 1 atom stereocenters. The van der Waals surface area contributed by atoms with E-state index in [1.54, 1.807) is 23.1 Å². The second-order valence-electron chi connectivity index (χ2n) is 6.70. The third-order valence-electron chi connectivity index (χ3n) is 4.52. The van der Waals surface area contributed by atoms with E-state index in [1.165, 1.54) is 0 Å². The lowest BCUT2D eigenvalue weighted by atomic mass is 10.1. The van der Waals surface area contributed by atoms with Crippen molar-refractivity contribution in [3.05, 3.63) is 82.0 Å². The number of aryl methyl sites for hydroxylation is 1. The zero-order valence-electron chi connectivity index (χ0n) is 15.4. The van der Waals surface area contributed by atoms with Crippen molar-refractivity contribution in [2.24, 2.45) is 0 Å². The summed E-state index contributed by atoms with van der Waals surface area (Å²) < 4.78 is 0. The van der Waals surface area contributed by atoms with Gasteiger partial charge in [-0.15, -0.1) is 23.1 Å². The number of carbonyl (C=O) groups excluding carboxylic acids is 2. The minimum absolute atomic E-state index is 0.0368. The van der Waals surface area contributed by atoms with Gasteiger partial charge in [-0.1, -0.05) is 30.3 Å². The topological polar surface area (TPSA) is 49.4 Å². The minimum atomic E-state index is -0.0940. The van der Waals surface area contributed by atoms with Crippen LogP contribution in [-0.4, -0.2) is 17.6 Å². The third-order valence-corrected chi connectivity index (χ3v) is 6.61.